The van der Waals surface area contributed by atoms with Crippen molar-refractivity contribution < 1.29 is 43.0 Å². The Morgan fingerprint density at radius 3 is 1.60 bits per heavy atom. The normalized spacial score (nSPS) is 24.6. The van der Waals surface area contributed by atoms with Gasteiger partial charge >= 0.3 is 0 Å². The fraction of sp³-hybridized carbons (Fsp3) is 0.695. The summed E-state index contributed by atoms with van der Waals surface area (Å²) in [5, 5.41) is 18.8. The van der Waals surface area contributed by atoms with E-state index < -0.39 is 42.0 Å². The Labute approximate surface area is 445 Å². The number of fused-ring (bicyclic) bond motifs is 2. The summed E-state index contributed by atoms with van der Waals surface area (Å²) in [5.74, 6) is 0.00954. The van der Waals surface area contributed by atoms with Crippen LogP contribution in [0.5, 0.6) is 11.5 Å². The Kier molecular flexibility index (Phi) is 20.4. The summed E-state index contributed by atoms with van der Waals surface area (Å²) in [7, 11) is 3.47. The Bertz CT molecular complexity index is 2130. The fourth-order valence-corrected chi connectivity index (χ4v) is 13.0. The Hall–Kier alpha value is -5.06. The molecule has 8 rings (SSSR count). The van der Waals surface area contributed by atoms with Gasteiger partial charge in [0.15, 0.2) is 5.78 Å². The molecule has 1 saturated heterocycles. The number of hydrogen-bond acceptors (Lipinski definition) is 11. The number of Topliss-reactive ketones (excluding diaryl/α,β-unsaturated/α-hetero) is 1. The summed E-state index contributed by atoms with van der Waals surface area (Å²) < 4.78 is 18.3. The first-order valence-electron chi connectivity index (χ1n) is 28.9. The molecule has 1 heterocycles. The maximum absolute atomic E-state index is 14.3. The van der Waals surface area contributed by atoms with E-state index in [4.69, 9.17) is 14.2 Å². The number of likely N-dealkylation sites (N-methyl/N-ethyl adjacent to an activating group) is 2. The number of likely N-dealkylation sites (tertiary alicyclic amines) is 1. The van der Waals surface area contributed by atoms with Crippen LogP contribution in [-0.2, 0) is 46.3 Å². The quantitative estimate of drug-likeness (QED) is 0.0666. The number of hydrogen-bond donors (Lipinski definition) is 6. The summed E-state index contributed by atoms with van der Waals surface area (Å²) >= 11 is 0. The fourth-order valence-electron chi connectivity index (χ4n) is 13.0. The highest BCUT2D eigenvalue weighted by Gasteiger charge is 2.45. The van der Waals surface area contributed by atoms with E-state index in [0.29, 0.717) is 63.7 Å². The largest absolute Gasteiger partial charge is 0.491 e. The summed E-state index contributed by atoms with van der Waals surface area (Å²) in [5.41, 5.74) is 4.46. The summed E-state index contributed by atoms with van der Waals surface area (Å²) in [6.45, 7) is 5.47. The molecule has 412 valence electrons. The van der Waals surface area contributed by atoms with E-state index in [-0.39, 0.29) is 59.2 Å². The van der Waals surface area contributed by atoms with Crippen molar-refractivity contribution in [1.29, 1.82) is 0 Å². The lowest BCUT2D eigenvalue weighted by Crippen LogP contribution is -2.58. The Balaban J connectivity index is 0.795. The van der Waals surface area contributed by atoms with Crippen molar-refractivity contribution in [3.63, 3.8) is 0 Å². The van der Waals surface area contributed by atoms with Gasteiger partial charge in [0, 0.05) is 18.4 Å². The minimum absolute atomic E-state index is 0.0194. The molecule has 0 spiro atoms. The van der Waals surface area contributed by atoms with Crippen molar-refractivity contribution in [2.45, 2.75) is 191 Å². The number of aryl methyl sites for hydroxylation is 2. The van der Waals surface area contributed by atoms with E-state index in [9.17, 15) is 28.8 Å². The van der Waals surface area contributed by atoms with E-state index in [1.54, 1.807) is 32.8 Å². The second-order valence-electron chi connectivity index (χ2n) is 22.5. The number of carbonyl (C=O) groups is 6. The lowest BCUT2D eigenvalue weighted by atomic mass is 9.77. The van der Waals surface area contributed by atoms with Crippen LogP contribution in [0.4, 0.5) is 0 Å². The van der Waals surface area contributed by atoms with Gasteiger partial charge in [-0.15, -0.1) is 0 Å². The number of amides is 5. The molecule has 2 aromatic rings. The van der Waals surface area contributed by atoms with E-state index in [2.05, 4.69) is 44.0 Å². The first kappa shape index (κ1) is 56.2. The third-order valence-electron chi connectivity index (χ3n) is 17.6. The molecule has 6 aliphatic rings. The molecule has 6 N–H and O–H groups in total. The molecule has 5 amide bonds. The summed E-state index contributed by atoms with van der Waals surface area (Å²) in [6.07, 6.45) is 18.8. The van der Waals surface area contributed by atoms with Crippen LogP contribution in [0.2, 0.25) is 0 Å². The summed E-state index contributed by atoms with van der Waals surface area (Å²) in [6, 6.07) is 9.16. The minimum atomic E-state index is -0.642. The van der Waals surface area contributed by atoms with Gasteiger partial charge in [-0.2, -0.15) is 0 Å². The number of ketones is 1. The van der Waals surface area contributed by atoms with Crippen molar-refractivity contribution in [1.82, 2.24) is 36.8 Å². The molecular formula is C59H87N7O9. The van der Waals surface area contributed by atoms with Crippen LogP contribution in [0.25, 0.3) is 0 Å². The highest BCUT2D eigenvalue weighted by molar-refractivity contribution is 5.96. The van der Waals surface area contributed by atoms with Gasteiger partial charge in [-0.3, -0.25) is 28.8 Å². The molecule has 16 heteroatoms. The van der Waals surface area contributed by atoms with Crippen LogP contribution in [0, 0.1) is 23.7 Å². The zero-order chi connectivity index (χ0) is 52.8. The average molecular weight is 1040 g/mol. The zero-order valence-corrected chi connectivity index (χ0v) is 45.3. The van der Waals surface area contributed by atoms with Crippen LogP contribution >= 0.6 is 0 Å². The number of carbonyl (C=O) groups excluding carboxylic acids is 6. The molecular weight excluding hydrogens is 951 g/mol. The molecule has 4 fully saturated rings. The molecule has 2 aromatic carbocycles. The van der Waals surface area contributed by atoms with Gasteiger partial charge < -0.3 is 51.0 Å². The van der Waals surface area contributed by atoms with Gasteiger partial charge in [-0.25, -0.2) is 0 Å². The van der Waals surface area contributed by atoms with Crippen molar-refractivity contribution in [3.05, 3.63) is 58.7 Å². The predicted molar refractivity (Wildman–Crippen MR) is 287 cm³/mol. The van der Waals surface area contributed by atoms with Crippen molar-refractivity contribution in [2.75, 3.05) is 47.1 Å². The molecule has 75 heavy (non-hydrogen) atoms. The van der Waals surface area contributed by atoms with Crippen molar-refractivity contribution in [2.24, 2.45) is 23.7 Å². The maximum atomic E-state index is 14.3. The van der Waals surface area contributed by atoms with Crippen molar-refractivity contribution >= 4 is 35.3 Å². The van der Waals surface area contributed by atoms with Gasteiger partial charge in [0.25, 0.3) is 0 Å². The zero-order valence-electron chi connectivity index (χ0n) is 45.3. The topological polar surface area (TPSA) is 206 Å². The smallest absolute Gasteiger partial charge is 0.246 e. The third-order valence-corrected chi connectivity index (χ3v) is 17.6. The van der Waals surface area contributed by atoms with E-state index >= 15 is 0 Å². The molecule has 5 aliphatic carbocycles. The monoisotopic (exact) mass is 1040 g/mol. The third kappa shape index (κ3) is 14.3. The second-order valence-corrected chi connectivity index (χ2v) is 22.5. The second kappa shape index (κ2) is 27.3. The van der Waals surface area contributed by atoms with E-state index in [1.807, 2.05) is 24.3 Å². The van der Waals surface area contributed by atoms with Gasteiger partial charge in [0.2, 0.25) is 29.5 Å². The molecule has 1 aliphatic heterocycles. The van der Waals surface area contributed by atoms with Gasteiger partial charge in [0.05, 0.1) is 43.4 Å². The molecule has 0 bridgehead atoms. The van der Waals surface area contributed by atoms with Crippen LogP contribution < -0.4 is 41.4 Å². The Morgan fingerprint density at radius 1 is 0.547 bits per heavy atom. The molecule has 3 saturated carbocycles. The first-order valence-corrected chi connectivity index (χ1v) is 28.9. The van der Waals surface area contributed by atoms with E-state index in [0.717, 1.165) is 127 Å². The highest BCUT2D eigenvalue weighted by atomic mass is 16.5. The van der Waals surface area contributed by atoms with Crippen LogP contribution in [0.3, 0.4) is 0 Å². The maximum Gasteiger partial charge on any atom is 0.246 e. The number of rotatable bonds is 23. The molecule has 0 radical (unpaired) electrons. The average Bonchev–Trinajstić information content (AvgIpc) is 4.15. The van der Waals surface area contributed by atoms with Crippen molar-refractivity contribution in [3.8, 4) is 11.5 Å². The molecule has 3 unspecified atom stereocenters. The molecule has 9 atom stereocenters. The van der Waals surface area contributed by atoms with Crippen LogP contribution in [0.1, 0.15) is 170 Å². The van der Waals surface area contributed by atoms with Gasteiger partial charge in [-0.05, 0) is 176 Å². The standard InChI is InChI=1S/C59H87N7O9/c1-37(60-3)55(68)64-52(41-15-7-5-8-16-41)54(67)45-21-13-22-46(45)57(70)62-49-23-11-19-39-26-28-43(35-47(39)49)74-33-31-73-32-34-75-44-29-27-40-20-12-24-50(48(40)36-44)63-58(71)51-25-14-30-66(51)59(72)53(42-17-9-6-10-18-42)65-56(69)38(2)61-4/h26-29,35-38,41-42,45-46,49-53,60-61H,5-25,30-34H2,1-4H3,(H,62,70)(H,63,71)(H,64,68)(H,65,69)/t37-,38-,45?,46+,49+,50+,51-,52?,53?/m0/s1. The van der Waals surface area contributed by atoms with Crippen LogP contribution in [0.15, 0.2) is 36.4 Å². The van der Waals surface area contributed by atoms with Gasteiger partial charge in [-0.1, -0.05) is 57.1 Å². The Morgan fingerprint density at radius 2 is 1.05 bits per heavy atom. The van der Waals surface area contributed by atoms with Crippen LogP contribution in [-0.4, -0.2) is 117 Å². The first-order chi connectivity index (χ1) is 36.4. The number of nitrogens with one attached hydrogen (secondary N) is 6. The summed E-state index contributed by atoms with van der Waals surface area (Å²) in [4.78, 5) is 84.7. The van der Waals surface area contributed by atoms with E-state index in [1.165, 1.54) is 11.1 Å². The lowest BCUT2D eigenvalue weighted by Gasteiger charge is -2.35. The predicted octanol–water partition coefficient (Wildman–Crippen LogP) is 6.47. The molecule has 0 aromatic heterocycles. The molecule has 16 nitrogen and oxygen atoms in total. The number of nitrogens with zero attached hydrogens (tertiary/aromatic N) is 1. The number of ether oxygens (including phenoxy) is 3. The highest BCUT2D eigenvalue weighted by Crippen LogP contribution is 2.39. The lowest BCUT2D eigenvalue weighted by molar-refractivity contribution is -0.143. The minimum Gasteiger partial charge on any atom is -0.491 e. The van der Waals surface area contributed by atoms with Gasteiger partial charge in [0.1, 0.15) is 36.8 Å². The SMILES string of the molecule is CN[C@@H](C)C(=O)NC(C(=O)C1CCC[C@H]1C(=O)N[C@@H]1CCCc2ccc(OCCOCCOc3ccc4c(c3)[C@H](NC(=O)[C@@H]3CCCN3C(=O)C(NC(=O)[C@H](C)NC)C3CCCCC3)CCC4)cc21)C1CCCCC1. The number of benzene rings is 2.